The van der Waals surface area contributed by atoms with E-state index < -0.39 is 31.2 Å². The van der Waals surface area contributed by atoms with Crippen LogP contribution >= 0.6 is 46.4 Å². The van der Waals surface area contributed by atoms with Gasteiger partial charge in [-0.25, -0.2) is 0 Å². The topological polar surface area (TPSA) is 69.7 Å². The third kappa shape index (κ3) is 2.78. The molecule has 1 aliphatic rings. The number of carbonyl (C=O) groups is 2. The summed E-state index contributed by atoms with van der Waals surface area (Å²) in [6.45, 7) is 1.66. The van der Waals surface area contributed by atoms with Crippen LogP contribution < -0.4 is 0 Å². The summed E-state index contributed by atoms with van der Waals surface area (Å²) in [6, 6.07) is 0. The van der Waals surface area contributed by atoms with Crippen molar-refractivity contribution >= 4 is 69.6 Å². The van der Waals surface area contributed by atoms with E-state index in [9.17, 15) is 14.1 Å². The molecule has 1 fully saturated rings. The second kappa shape index (κ2) is 5.81. The summed E-state index contributed by atoms with van der Waals surface area (Å²) in [6.07, 6.45) is -0.154. The summed E-state index contributed by atoms with van der Waals surface area (Å²) in [5.74, 6) is -1.45. The minimum absolute atomic E-state index is 0.154. The maximum atomic E-state index is 11.9. The van der Waals surface area contributed by atoms with Crippen LogP contribution in [-0.2, 0) is 25.7 Å². The smallest absolute Gasteiger partial charge is 0.340 e. The Morgan fingerprint density at radius 2 is 2.00 bits per heavy atom. The molecule has 0 aromatic rings. The molecular formula is C8H9Cl4NO4S. The molecule has 0 aromatic carbocycles. The van der Waals surface area contributed by atoms with E-state index in [4.69, 9.17) is 46.4 Å². The van der Waals surface area contributed by atoms with E-state index in [0.717, 1.165) is 4.31 Å². The highest BCUT2D eigenvalue weighted by atomic mass is 35.5. The number of halogens is 4. The Hall–Kier alpha value is 0.410. The van der Waals surface area contributed by atoms with Crippen molar-refractivity contribution in [3.05, 3.63) is 0 Å². The van der Waals surface area contributed by atoms with E-state index in [0.29, 0.717) is 0 Å². The molecular weight excluding hydrogens is 348 g/mol. The molecule has 1 amide bonds. The van der Waals surface area contributed by atoms with Crippen LogP contribution in [-0.4, -0.2) is 41.9 Å². The van der Waals surface area contributed by atoms with Crippen LogP contribution in [0.25, 0.3) is 0 Å². The number of nitrogens with zero attached hydrogens (tertiary/aromatic N) is 1. The van der Waals surface area contributed by atoms with Crippen molar-refractivity contribution in [2.75, 3.05) is 13.2 Å². The highest BCUT2D eigenvalue weighted by molar-refractivity contribution is 7.95. The van der Waals surface area contributed by atoms with Gasteiger partial charge in [0.2, 0.25) is 0 Å². The second-order valence-electron chi connectivity index (χ2n) is 3.30. The molecule has 0 spiro atoms. The van der Waals surface area contributed by atoms with Gasteiger partial charge in [-0.15, -0.1) is 0 Å². The van der Waals surface area contributed by atoms with Crippen molar-refractivity contribution < 1.29 is 18.9 Å². The minimum Gasteiger partial charge on any atom is -0.590 e. The van der Waals surface area contributed by atoms with E-state index in [2.05, 4.69) is 4.74 Å². The second-order valence-corrected chi connectivity index (χ2v) is 7.96. The number of esters is 1. The molecule has 0 aromatic heterocycles. The van der Waals surface area contributed by atoms with Crippen molar-refractivity contribution in [1.29, 1.82) is 0 Å². The van der Waals surface area contributed by atoms with Crippen LogP contribution in [0, 0.1) is 0 Å². The van der Waals surface area contributed by atoms with Crippen molar-refractivity contribution in [2.24, 2.45) is 0 Å². The molecule has 0 radical (unpaired) electrons. The molecule has 5 nitrogen and oxygen atoms in total. The molecule has 1 atom stereocenters. The molecule has 0 N–H and O–H groups in total. The predicted molar refractivity (Wildman–Crippen MR) is 70.0 cm³/mol. The maximum absolute atomic E-state index is 11.9. The van der Waals surface area contributed by atoms with E-state index in [-0.39, 0.29) is 19.6 Å². The maximum Gasteiger partial charge on any atom is 0.340 e. The molecule has 0 aliphatic carbocycles. The summed E-state index contributed by atoms with van der Waals surface area (Å²) < 4.78 is 12.9. The number of ether oxygens (including phenoxy) is 1. The Balaban J connectivity index is 2.74. The summed E-state index contributed by atoms with van der Waals surface area (Å²) in [7, 11) is 0. The molecule has 18 heavy (non-hydrogen) atoms. The molecule has 1 rings (SSSR count). The van der Waals surface area contributed by atoms with E-state index in [1.54, 1.807) is 6.92 Å². The number of rotatable bonds is 4. The van der Waals surface area contributed by atoms with E-state index in [1.165, 1.54) is 0 Å². The first-order valence-corrected chi connectivity index (χ1v) is 7.43. The molecule has 1 saturated heterocycles. The lowest BCUT2D eigenvalue weighted by Gasteiger charge is -2.21. The Morgan fingerprint density at radius 1 is 1.44 bits per heavy atom. The monoisotopic (exact) mass is 355 g/mol. The van der Waals surface area contributed by atoms with Crippen molar-refractivity contribution in [2.45, 2.75) is 21.3 Å². The van der Waals surface area contributed by atoms with Gasteiger partial charge < -0.3 is 9.29 Å². The number of hydrogen-bond donors (Lipinski definition) is 0. The van der Waals surface area contributed by atoms with Gasteiger partial charge in [-0.05, 0) is 30.1 Å². The van der Waals surface area contributed by atoms with Crippen LogP contribution in [0.4, 0.5) is 0 Å². The lowest BCUT2D eigenvalue weighted by molar-refractivity contribution is -0.143. The number of carbonyl (C=O) groups excluding carboxylic acids is 2. The Morgan fingerprint density at radius 3 is 2.39 bits per heavy atom. The van der Waals surface area contributed by atoms with Gasteiger partial charge in [0, 0.05) is 0 Å². The van der Waals surface area contributed by atoms with Crippen LogP contribution in [0.2, 0.25) is 0 Å². The summed E-state index contributed by atoms with van der Waals surface area (Å²) in [5, 5.41) is 0. The molecule has 104 valence electrons. The third-order valence-electron chi connectivity index (χ3n) is 2.10. The number of alkyl halides is 4. The number of hydrogen-bond acceptors (Lipinski definition) is 4. The van der Waals surface area contributed by atoms with Crippen LogP contribution in [0.3, 0.4) is 0 Å². The fourth-order valence-corrected chi connectivity index (χ4v) is 3.70. The lowest BCUT2D eigenvalue weighted by Crippen LogP contribution is -2.38. The van der Waals surface area contributed by atoms with Gasteiger partial charge in [0.1, 0.15) is 11.4 Å². The Kier molecular flexibility index (Phi) is 5.31. The van der Waals surface area contributed by atoms with Gasteiger partial charge in [-0.1, -0.05) is 23.2 Å². The molecule has 1 aliphatic heterocycles. The fraction of sp³-hybridized carbons (Fsp3) is 0.750. The summed E-state index contributed by atoms with van der Waals surface area (Å²) >= 11 is 20.6. The van der Waals surface area contributed by atoms with Gasteiger partial charge in [0.15, 0.2) is 0 Å². The molecule has 10 heteroatoms. The SMILES string of the molecule is CCOC(=O)CCN1C(=O)C(Cl)(Cl)C(Cl)(Cl)[S+]1[O-]. The van der Waals surface area contributed by atoms with Gasteiger partial charge in [0.05, 0.1) is 19.6 Å². The average molecular weight is 357 g/mol. The quantitative estimate of drug-likeness (QED) is 0.437. The van der Waals surface area contributed by atoms with E-state index in [1.807, 2.05) is 0 Å². The van der Waals surface area contributed by atoms with Gasteiger partial charge in [-0.3, -0.25) is 9.59 Å². The van der Waals surface area contributed by atoms with Gasteiger partial charge >= 0.3 is 15.5 Å². The first-order chi connectivity index (χ1) is 8.16. The Labute approximate surface area is 127 Å². The highest BCUT2D eigenvalue weighted by Crippen LogP contribution is 2.54. The van der Waals surface area contributed by atoms with Crippen LogP contribution in [0.5, 0.6) is 0 Å². The predicted octanol–water partition coefficient (Wildman–Crippen LogP) is 1.75. The minimum atomic E-state index is -2.21. The van der Waals surface area contributed by atoms with Crippen molar-refractivity contribution in [1.82, 2.24) is 4.31 Å². The van der Waals surface area contributed by atoms with Crippen LogP contribution in [0.1, 0.15) is 13.3 Å². The largest absolute Gasteiger partial charge is 0.590 e. The van der Waals surface area contributed by atoms with Gasteiger partial charge in [-0.2, -0.15) is 4.31 Å². The normalized spacial score (nSPS) is 25.3. The van der Waals surface area contributed by atoms with Crippen LogP contribution in [0.15, 0.2) is 0 Å². The third-order valence-corrected chi connectivity index (χ3v) is 6.46. The lowest BCUT2D eigenvalue weighted by atomic mass is 10.4. The average Bonchev–Trinajstić information content (AvgIpc) is 2.38. The summed E-state index contributed by atoms with van der Waals surface area (Å²) in [5.41, 5.74) is 0. The molecule has 1 unspecified atom stereocenters. The number of amides is 1. The summed E-state index contributed by atoms with van der Waals surface area (Å²) in [4.78, 5) is 22.9. The van der Waals surface area contributed by atoms with Gasteiger partial charge in [0.25, 0.3) is 4.33 Å². The fourth-order valence-electron chi connectivity index (χ4n) is 1.21. The zero-order valence-electron chi connectivity index (χ0n) is 9.12. The molecule has 0 bridgehead atoms. The zero-order chi connectivity index (χ0) is 14.1. The standard InChI is InChI=1S/C8H9Cl4NO4S/c1-2-17-5(14)3-4-13-6(15)7(9,10)8(11,12)18(13)16/h2-4H2,1H3. The zero-order valence-corrected chi connectivity index (χ0v) is 13.0. The molecule has 1 heterocycles. The highest BCUT2D eigenvalue weighted by Gasteiger charge is 2.73. The molecule has 0 saturated carbocycles. The first kappa shape index (κ1) is 16.5. The Bertz CT molecular complexity index is 365. The van der Waals surface area contributed by atoms with Crippen molar-refractivity contribution in [3.8, 4) is 0 Å². The van der Waals surface area contributed by atoms with Crippen molar-refractivity contribution in [3.63, 3.8) is 0 Å². The van der Waals surface area contributed by atoms with E-state index >= 15 is 0 Å². The first-order valence-electron chi connectivity index (χ1n) is 4.81.